The molecule has 1 atom stereocenters. The predicted octanol–water partition coefficient (Wildman–Crippen LogP) is 2.18. The first-order valence-corrected chi connectivity index (χ1v) is 4.98. The number of anilines is 1. The Bertz CT molecular complexity index is 351. The van der Waals surface area contributed by atoms with E-state index >= 15 is 0 Å². The minimum atomic E-state index is 0.0237. The van der Waals surface area contributed by atoms with Crippen molar-refractivity contribution in [3.05, 3.63) is 28.2 Å². The third-order valence-corrected chi connectivity index (χ3v) is 3.14. The molecule has 68 valence electrons. The number of carbonyl (C=O) groups is 1. The third kappa shape index (κ3) is 1.27. The molecule has 0 bridgehead atoms. The third-order valence-electron chi connectivity index (χ3n) is 2.45. The minimum Gasteiger partial charge on any atom is -0.373 e. The van der Waals surface area contributed by atoms with Crippen molar-refractivity contribution >= 4 is 27.9 Å². The summed E-state index contributed by atoms with van der Waals surface area (Å²) in [5, 5.41) is 0. The number of hydrogen-bond donors (Lipinski definition) is 0. The van der Waals surface area contributed by atoms with Crippen LogP contribution in [0.4, 0.5) is 5.69 Å². The molecule has 1 heterocycles. The van der Waals surface area contributed by atoms with Gasteiger partial charge in [-0.05, 0) is 12.1 Å². The van der Waals surface area contributed by atoms with Crippen LogP contribution in [-0.2, 0) is 4.79 Å². The molecule has 13 heavy (non-hydrogen) atoms. The molecule has 0 aromatic heterocycles. The molecular formula is C10H10BrNO. The monoisotopic (exact) mass is 239 g/mol. The molecule has 3 heteroatoms. The summed E-state index contributed by atoms with van der Waals surface area (Å²) in [6, 6.07) is 6.02. The quantitative estimate of drug-likeness (QED) is 0.701. The SMILES string of the molecule is CN1CC(C=O)c2c(Br)cccc21. The maximum Gasteiger partial charge on any atom is 0.129 e. The van der Waals surface area contributed by atoms with E-state index in [4.69, 9.17) is 0 Å². The highest BCUT2D eigenvalue weighted by Crippen LogP contribution is 2.38. The van der Waals surface area contributed by atoms with E-state index in [0.717, 1.165) is 28.6 Å². The fraction of sp³-hybridized carbons (Fsp3) is 0.300. The van der Waals surface area contributed by atoms with Gasteiger partial charge < -0.3 is 9.69 Å². The molecule has 0 aliphatic carbocycles. The van der Waals surface area contributed by atoms with Gasteiger partial charge in [-0.25, -0.2) is 0 Å². The lowest BCUT2D eigenvalue weighted by molar-refractivity contribution is -0.108. The van der Waals surface area contributed by atoms with Crippen LogP contribution >= 0.6 is 15.9 Å². The molecule has 0 saturated heterocycles. The molecule has 1 aliphatic rings. The van der Waals surface area contributed by atoms with Gasteiger partial charge in [0.1, 0.15) is 6.29 Å². The molecule has 1 aromatic rings. The first-order valence-electron chi connectivity index (χ1n) is 4.19. The van der Waals surface area contributed by atoms with E-state index < -0.39 is 0 Å². The van der Waals surface area contributed by atoms with Gasteiger partial charge in [-0.3, -0.25) is 0 Å². The van der Waals surface area contributed by atoms with Crippen LogP contribution in [0.3, 0.4) is 0 Å². The number of halogens is 1. The summed E-state index contributed by atoms with van der Waals surface area (Å²) in [6.07, 6.45) is 1.02. The fourth-order valence-electron chi connectivity index (χ4n) is 1.82. The molecule has 0 fully saturated rings. The summed E-state index contributed by atoms with van der Waals surface area (Å²) in [6.45, 7) is 0.793. The zero-order valence-electron chi connectivity index (χ0n) is 7.33. The van der Waals surface area contributed by atoms with Crippen molar-refractivity contribution in [1.82, 2.24) is 0 Å². The largest absolute Gasteiger partial charge is 0.373 e. The van der Waals surface area contributed by atoms with E-state index in [1.54, 1.807) is 0 Å². The highest BCUT2D eigenvalue weighted by atomic mass is 79.9. The van der Waals surface area contributed by atoms with Crippen molar-refractivity contribution in [1.29, 1.82) is 0 Å². The lowest BCUT2D eigenvalue weighted by Gasteiger charge is -2.10. The summed E-state index contributed by atoms with van der Waals surface area (Å²) in [7, 11) is 2.01. The Kier molecular flexibility index (Phi) is 2.12. The van der Waals surface area contributed by atoms with E-state index in [2.05, 4.69) is 20.8 Å². The van der Waals surface area contributed by atoms with Gasteiger partial charge in [0.15, 0.2) is 0 Å². The predicted molar refractivity (Wildman–Crippen MR) is 56.2 cm³/mol. The van der Waals surface area contributed by atoms with Crippen LogP contribution in [0.5, 0.6) is 0 Å². The standard InChI is InChI=1S/C10H10BrNO/c1-12-5-7(6-13)10-8(11)3-2-4-9(10)12/h2-4,6-7H,5H2,1H3. The van der Waals surface area contributed by atoms with Crippen molar-refractivity contribution in [2.24, 2.45) is 0 Å². The van der Waals surface area contributed by atoms with Crippen LogP contribution in [0.1, 0.15) is 11.5 Å². The molecule has 0 radical (unpaired) electrons. The first kappa shape index (κ1) is 8.75. The van der Waals surface area contributed by atoms with Crippen LogP contribution in [0.2, 0.25) is 0 Å². The van der Waals surface area contributed by atoms with Gasteiger partial charge in [0, 0.05) is 29.3 Å². The Labute approximate surface area is 85.7 Å². The van der Waals surface area contributed by atoms with E-state index in [1.165, 1.54) is 0 Å². The highest BCUT2D eigenvalue weighted by Gasteiger charge is 2.27. The van der Waals surface area contributed by atoms with Gasteiger partial charge in [0.25, 0.3) is 0 Å². The zero-order chi connectivity index (χ0) is 9.42. The second-order valence-corrected chi connectivity index (χ2v) is 4.15. The summed E-state index contributed by atoms with van der Waals surface area (Å²) < 4.78 is 1.03. The van der Waals surface area contributed by atoms with Gasteiger partial charge in [-0.2, -0.15) is 0 Å². The molecule has 2 rings (SSSR count). The first-order chi connectivity index (χ1) is 6.24. The number of benzene rings is 1. The Hall–Kier alpha value is -0.830. The van der Waals surface area contributed by atoms with Gasteiger partial charge in [0.05, 0.1) is 5.92 Å². The number of rotatable bonds is 1. The number of likely N-dealkylation sites (N-methyl/N-ethyl adjacent to an activating group) is 1. The number of nitrogens with zero attached hydrogens (tertiary/aromatic N) is 1. The maximum absolute atomic E-state index is 10.8. The minimum absolute atomic E-state index is 0.0237. The molecular weight excluding hydrogens is 230 g/mol. The number of hydrogen-bond acceptors (Lipinski definition) is 2. The lowest BCUT2D eigenvalue weighted by Crippen LogP contribution is -2.15. The smallest absolute Gasteiger partial charge is 0.129 e. The normalized spacial score (nSPS) is 20.2. The van der Waals surface area contributed by atoms with Crippen LogP contribution in [0, 0.1) is 0 Å². The average molecular weight is 240 g/mol. The van der Waals surface area contributed by atoms with E-state index in [0.29, 0.717) is 0 Å². The second kappa shape index (κ2) is 3.14. The molecule has 2 nitrogen and oxygen atoms in total. The van der Waals surface area contributed by atoms with Crippen molar-refractivity contribution < 1.29 is 4.79 Å². The summed E-state index contributed by atoms with van der Waals surface area (Å²) in [5.74, 6) is 0.0237. The number of fused-ring (bicyclic) bond motifs is 1. The summed E-state index contributed by atoms with van der Waals surface area (Å²) >= 11 is 3.47. The Morgan fingerprint density at radius 2 is 2.38 bits per heavy atom. The molecule has 0 amide bonds. The Morgan fingerprint density at radius 1 is 1.62 bits per heavy atom. The van der Waals surface area contributed by atoms with E-state index in [-0.39, 0.29) is 5.92 Å². The Balaban J connectivity index is 2.58. The van der Waals surface area contributed by atoms with Crippen molar-refractivity contribution in [2.45, 2.75) is 5.92 Å². The van der Waals surface area contributed by atoms with E-state index in [1.807, 2.05) is 25.2 Å². The molecule has 1 unspecified atom stereocenters. The Morgan fingerprint density at radius 3 is 3.08 bits per heavy atom. The molecule has 0 spiro atoms. The molecule has 0 N–H and O–H groups in total. The topological polar surface area (TPSA) is 20.3 Å². The van der Waals surface area contributed by atoms with Crippen molar-refractivity contribution in [3.63, 3.8) is 0 Å². The fourth-order valence-corrected chi connectivity index (χ4v) is 2.47. The second-order valence-electron chi connectivity index (χ2n) is 3.30. The van der Waals surface area contributed by atoms with E-state index in [9.17, 15) is 4.79 Å². The number of aldehydes is 1. The zero-order valence-corrected chi connectivity index (χ0v) is 8.91. The summed E-state index contributed by atoms with van der Waals surface area (Å²) in [5.41, 5.74) is 2.28. The van der Waals surface area contributed by atoms with Gasteiger partial charge in [-0.15, -0.1) is 0 Å². The number of carbonyl (C=O) groups excluding carboxylic acids is 1. The summed E-state index contributed by atoms with van der Waals surface area (Å²) in [4.78, 5) is 12.9. The average Bonchev–Trinajstić information content (AvgIpc) is 2.45. The van der Waals surface area contributed by atoms with Crippen molar-refractivity contribution in [2.75, 3.05) is 18.5 Å². The van der Waals surface area contributed by atoms with Crippen LogP contribution in [0.15, 0.2) is 22.7 Å². The lowest BCUT2D eigenvalue weighted by atomic mass is 10.0. The molecule has 1 aromatic carbocycles. The van der Waals surface area contributed by atoms with Crippen LogP contribution in [-0.4, -0.2) is 19.9 Å². The van der Waals surface area contributed by atoms with Gasteiger partial charge in [0.2, 0.25) is 0 Å². The van der Waals surface area contributed by atoms with Gasteiger partial charge in [-0.1, -0.05) is 22.0 Å². The van der Waals surface area contributed by atoms with Crippen molar-refractivity contribution in [3.8, 4) is 0 Å². The van der Waals surface area contributed by atoms with Crippen LogP contribution < -0.4 is 4.90 Å². The van der Waals surface area contributed by atoms with Gasteiger partial charge >= 0.3 is 0 Å². The maximum atomic E-state index is 10.8. The molecule has 0 saturated carbocycles. The van der Waals surface area contributed by atoms with Crippen LogP contribution in [0.25, 0.3) is 0 Å². The highest BCUT2D eigenvalue weighted by molar-refractivity contribution is 9.10. The molecule has 1 aliphatic heterocycles.